The van der Waals surface area contributed by atoms with Crippen LogP contribution >= 0.6 is 0 Å². The molecule has 0 bridgehead atoms. The third-order valence-electron chi connectivity index (χ3n) is 6.46. The van der Waals surface area contributed by atoms with Gasteiger partial charge in [-0.15, -0.1) is 0 Å². The van der Waals surface area contributed by atoms with Gasteiger partial charge in [0.2, 0.25) is 5.82 Å². The lowest BCUT2D eigenvalue weighted by atomic mass is 9.77. The number of rotatable bonds is 6. The molecule has 174 valence electrons. The summed E-state index contributed by atoms with van der Waals surface area (Å²) in [7, 11) is 0. The van der Waals surface area contributed by atoms with Crippen LogP contribution in [0.2, 0.25) is 0 Å². The highest BCUT2D eigenvalue weighted by Gasteiger charge is 2.23. The van der Waals surface area contributed by atoms with Crippen molar-refractivity contribution in [3.05, 3.63) is 83.2 Å². The van der Waals surface area contributed by atoms with Gasteiger partial charge in [0.1, 0.15) is 5.75 Å². The fourth-order valence-corrected chi connectivity index (χ4v) is 4.70. The first-order valence-electron chi connectivity index (χ1n) is 11.3. The fourth-order valence-electron chi connectivity index (χ4n) is 4.70. The van der Waals surface area contributed by atoms with Crippen molar-refractivity contribution >= 4 is 0 Å². The second-order valence-corrected chi connectivity index (χ2v) is 8.67. The maximum atomic E-state index is 14.6. The van der Waals surface area contributed by atoms with Crippen molar-refractivity contribution in [1.82, 2.24) is 0 Å². The number of hydrogen-bond acceptors (Lipinski definition) is 1. The molecule has 0 aliphatic heterocycles. The summed E-state index contributed by atoms with van der Waals surface area (Å²) in [5, 5.41) is 0. The molecule has 0 aromatic heterocycles. The Kier molecular flexibility index (Phi) is 7.01. The van der Waals surface area contributed by atoms with Crippen molar-refractivity contribution < 1.29 is 26.7 Å². The summed E-state index contributed by atoms with van der Waals surface area (Å²) in [5.41, 5.74) is 1.98. The summed E-state index contributed by atoms with van der Waals surface area (Å²) >= 11 is 0. The molecule has 0 amide bonds. The molecule has 0 N–H and O–H groups in total. The molecule has 1 aliphatic rings. The highest BCUT2D eigenvalue weighted by Crippen LogP contribution is 2.40. The molecule has 0 unspecified atom stereocenters. The van der Waals surface area contributed by atoms with Gasteiger partial charge in [-0.05, 0) is 60.8 Å². The fraction of sp³-hybridized carbons (Fsp3) is 0.333. The van der Waals surface area contributed by atoms with Gasteiger partial charge < -0.3 is 4.74 Å². The number of benzene rings is 3. The minimum Gasteiger partial charge on any atom is -0.453 e. The van der Waals surface area contributed by atoms with Crippen LogP contribution in [0.5, 0.6) is 11.5 Å². The average molecular weight is 460 g/mol. The molecule has 0 radical (unpaired) electrons. The molecule has 6 heteroatoms. The lowest BCUT2D eigenvalue weighted by Crippen LogP contribution is -2.13. The molecule has 0 heterocycles. The highest BCUT2D eigenvalue weighted by atomic mass is 19.2. The van der Waals surface area contributed by atoms with Crippen LogP contribution in [0, 0.1) is 35.0 Å². The molecule has 0 atom stereocenters. The molecule has 4 rings (SSSR count). The molecular formula is C27H25F5O. The van der Waals surface area contributed by atoms with Gasteiger partial charge in [-0.3, -0.25) is 0 Å². The number of hydrogen-bond donors (Lipinski definition) is 0. The van der Waals surface area contributed by atoms with E-state index in [0.29, 0.717) is 23.6 Å². The Bertz CT molecular complexity index is 1100. The second kappa shape index (κ2) is 9.94. The van der Waals surface area contributed by atoms with Crippen LogP contribution in [-0.2, 0) is 0 Å². The van der Waals surface area contributed by atoms with Crippen molar-refractivity contribution in [2.45, 2.75) is 51.4 Å². The van der Waals surface area contributed by atoms with Gasteiger partial charge in [-0.1, -0.05) is 44.0 Å². The van der Waals surface area contributed by atoms with E-state index in [-0.39, 0.29) is 5.56 Å². The predicted octanol–water partition coefficient (Wildman–Crippen LogP) is 8.92. The minimum atomic E-state index is -1.67. The summed E-state index contributed by atoms with van der Waals surface area (Å²) in [6, 6.07) is 11.0. The first kappa shape index (κ1) is 23.3. The molecule has 3 aromatic rings. The van der Waals surface area contributed by atoms with E-state index in [2.05, 4.69) is 6.92 Å². The maximum absolute atomic E-state index is 14.6. The van der Waals surface area contributed by atoms with Gasteiger partial charge in [0, 0.05) is 17.7 Å². The van der Waals surface area contributed by atoms with Crippen LogP contribution in [0.4, 0.5) is 22.0 Å². The highest BCUT2D eigenvalue weighted by molar-refractivity contribution is 5.71. The van der Waals surface area contributed by atoms with E-state index in [1.165, 1.54) is 37.3 Å². The molecule has 3 aromatic carbocycles. The molecule has 1 saturated carbocycles. The zero-order valence-corrected chi connectivity index (χ0v) is 18.3. The standard InChI is InChI=1S/C27H25F5O/c1-2-3-16-4-6-17(7-5-16)18-8-10-19(11-9-18)21-12-13-22(28)26(32)27(21)33-20-14-23(29)25(31)24(30)15-20/h8-17H,2-7H2,1H3. The normalized spacial score (nSPS) is 18.4. The Morgan fingerprint density at radius 3 is 2.00 bits per heavy atom. The summed E-state index contributed by atoms with van der Waals surface area (Å²) in [6.45, 7) is 2.21. The van der Waals surface area contributed by atoms with E-state index in [9.17, 15) is 22.0 Å². The van der Waals surface area contributed by atoms with Gasteiger partial charge in [-0.2, -0.15) is 4.39 Å². The van der Waals surface area contributed by atoms with Crippen molar-refractivity contribution in [3.63, 3.8) is 0 Å². The monoisotopic (exact) mass is 460 g/mol. The van der Waals surface area contributed by atoms with Crippen LogP contribution in [0.1, 0.15) is 56.9 Å². The lowest BCUT2D eigenvalue weighted by Gasteiger charge is -2.28. The molecule has 0 spiro atoms. The van der Waals surface area contributed by atoms with Crippen LogP contribution in [0.25, 0.3) is 11.1 Å². The largest absolute Gasteiger partial charge is 0.453 e. The van der Waals surface area contributed by atoms with Gasteiger partial charge in [-0.25, -0.2) is 17.6 Å². The minimum absolute atomic E-state index is 0.220. The second-order valence-electron chi connectivity index (χ2n) is 8.67. The van der Waals surface area contributed by atoms with Crippen LogP contribution in [0.3, 0.4) is 0 Å². The van der Waals surface area contributed by atoms with Crippen LogP contribution < -0.4 is 4.74 Å². The van der Waals surface area contributed by atoms with Gasteiger partial charge >= 0.3 is 0 Å². The van der Waals surface area contributed by atoms with E-state index in [4.69, 9.17) is 4.74 Å². The van der Waals surface area contributed by atoms with Crippen molar-refractivity contribution in [2.75, 3.05) is 0 Å². The summed E-state index contributed by atoms with van der Waals surface area (Å²) in [6.07, 6.45) is 7.17. The third-order valence-corrected chi connectivity index (χ3v) is 6.46. The van der Waals surface area contributed by atoms with E-state index >= 15 is 0 Å². The van der Waals surface area contributed by atoms with E-state index in [1.807, 2.05) is 12.1 Å². The lowest BCUT2D eigenvalue weighted by molar-refractivity contribution is 0.308. The number of ether oxygens (including phenoxy) is 1. The Morgan fingerprint density at radius 2 is 1.39 bits per heavy atom. The van der Waals surface area contributed by atoms with Crippen LogP contribution in [-0.4, -0.2) is 0 Å². The van der Waals surface area contributed by atoms with Crippen molar-refractivity contribution in [2.24, 2.45) is 5.92 Å². The Morgan fingerprint density at radius 1 is 0.758 bits per heavy atom. The number of halogens is 5. The maximum Gasteiger partial charge on any atom is 0.201 e. The Labute approximate surface area is 190 Å². The zero-order valence-electron chi connectivity index (χ0n) is 18.3. The molecule has 1 fully saturated rings. The summed E-state index contributed by atoms with van der Waals surface area (Å²) in [5.74, 6) is -6.82. The predicted molar refractivity (Wildman–Crippen MR) is 118 cm³/mol. The molecule has 0 saturated heterocycles. The van der Waals surface area contributed by atoms with E-state index in [1.54, 1.807) is 12.1 Å². The van der Waals surface area contributed by atoms with E-state index in [0.717, 1.165) is 24.8 Å². The van der Waals surface area contributed by atoms with Crippen LogP contribution in [0.15, 0.2) is 48.5 Å². The smallest absolute Gasteiger partial charge is 0.201 e. The Balaban J connectivity index is 1.60. The van der Waals surface area contributed by atoms with Gasteiger partial charge in [0.05, 0.1) is 0 Å². The summed E-state index contributed by atoms with van der Waals surface area (Å²) < 4.78 is 74.3. The molecular weight excluding hydrogens is 435 g/mol. The zero-order chi connectivity index (χ0) is 23.5. The average Bonchev–Trinajstić information content (AvgIpc) is 2.81. The molecule has 33 heavy (non-hydrogen) atoms. The van der Waals surface area contributed by atoms with Crippen molar-refractivity contribution in [1.29, 1.82) is 0 Å². The Hall–Kier alpha value is -2.89. The summed E-state index contributed by atoms with van der Waals surface area (Å²) in [4.78, 5) is 0. The molecule has 1 nitrogen and oxygen atoms in total. The van der Waals surface area contributed by atoms with Gasteiger partial charge in [0.15, 0.2) is 29.0 Å². The first-order valence-corrected chi connectivity index (χ1v) is 11.3. The SMILES string of the molecule is CCCC1CCC(c2ccc(-c3ccc(F)c(F)c3Oc3cc(F)c(F)c(F)c3)cc2)CC1. The van der Waals surface area contributed by atoms with Crippen molar-refractivity contribution in [3.8, 4) is 22.6 Å². The molecule has 1 aliphatic carbocycles. The topological polar surface area (TPSA) is 9.23 Å². The third kappa shape index (κ3) is 5.05. The van der Waals surface area contributed by atoms with Gasteiger partial charge in [0.25, 0.3) is 0 Å². The first-order chi connectivity index (χ1) is 15.9. The van der Waals surface area contributed by atoms with E-state index < -0.39 is 40.6 Å². The quantitative estimate of drug-likeness (QED) is 0.264.